The first-order chi connectivity index (χ1) is 5.31. The molecule has 3 heteroatoms. The van der Waals surface area contributed by atoms with Gasteiger partial charge in [0.2, 0.25) is 0 Å². The summed E-state index contributed by atoms with van der Waals surface area (Å²) in [4.78, 5) is 0. The van der Waals surface area contributed by atoms with Gasteiger partial charge < -0.3 is 15.5 Å². The molecule has 0 radical (unpaired) electrons. The molecule has 0 aromatic rings. The monoisotopic (exact) mass is 157 g/mol. The Morgan fingerprint density at radius 1 is 1.55 bits per heavy atom. The molecular formula is C8H15NO2. The highest BCUT2D eigenvalue weighted by molar-refractivity contribution is 4.83. The first-order valence-electron chi connectivity index (χ1n) is 3.74. The molecule has 0 aromatic carbocycles. The van der Waals surface area contributed by atoms with Crippen LogP contribution in [0.2, 0.25) is 0 Å². The fraction of sp³-hybridized carbons (Fsp3) is 0.750. The highest BCUT2D eigenvalue weighted by Crippen LogP contribution is 1.83. The lowest BCUT2D eigenvalue weighted by Crippen LogP contribution is -2.29. The second kappa shape index (κ2) is 7.55. The summed E-state index contributed by atoms with van der Waals surface area (Å²) in [6.45, 7) is 1.03. The molecular weight excluding hydrogens is 142 g/mol. The van der Waals surface area contributed by atoms with E-state index in [2.05, 4.69) is 11.2 Å². The number of terminal acetylenes is 1. The number of unbranched alkanes of at least 4 members (excludes halogenated alkanes) is 1. The van der Waals surface area contributed by atoms with Crippen molar-refractivity contribution in [3.63, 3.8) is 0 Å². The van der Waals surface area contributed by atoms with E-state index in [1.807, 2.05) is 0 Å². The molecule has 0 aromatic heterocycles. The van der Waals surface area contributed by atoms with E-state index in [-0.39, 0.29) is 6.61 Å². The van der Waals surface area contributed by atoms with Gasteiger partial charge in [-0.05, 0) is 13.0 Å². The Morgan fingerprint density at radius 2 is 2.27 bits per heavy atom. The summed E-state index contributed by atoms with van der Waals surface area (Å²) in [5.74, 6) is 2.52. The molecule has 0 unspecified atom stereocenters. The first-order valence-corrected chi connectivity index (χ1v) is 3.74. The van der Waals surface area contributed by atoms with Gasteiger partial charge in [-0.15, -0.1) is 12.3 Å². The van der Waals surface area contributed by atoms with Crippen LogP contribution in [-0.4, -0.2) is 36.0 Å². The molecule has 0 saturated carbocycles. The van der Waals surface area contributed by atoms with E-state index in [9.17, 15) is 0 Å². The summed E-state index contributed by atoms with van der Waals surface area (Å²) in [7, 11) is 0. The zero-order valence-corrected chi connectivity index (χ0v) is 6.58. The number of hydrogen-bond acceptors (Lipinski definition) is 3. The summed E-state index contributed by atoms with van der Waals surface area (Å²) >= 11 is 0. The Hall–Kier alpha value is -0.560. The van der Waals surface area contributed by atoms with Crippen molar-refractivity contribution < 1.29 is 10.2 Å². The van der Waals surface area contributed by atoms with Crippen molar-refractivity contribution in [3.8, 4) is 12.3 Å². The molecule has 64 valence electrons. The number of aliphatic hydroxyl groups is 2. The molecule has 0 bridgehead atoms. The summed E-state index contributed by atoms with van der Waals surface area (Å²) < 4.78 is 0. The lowest BCUT2D eigenvalue weighted by atomic mass is 10.3. The predicted molar refractivity (Wildman–Crippen MR) is 44.0 cm³/mol. The van der Waals surface area contributed by atoms with Crippen molar-refractivity contribution in [2.24, 2.45) is 0 Å². The summed E-state index contributed by atoms with van der Waals surface area (Å²) in [6, 6.07) is 0. The smallest absolute Gasteiger partial charge is 0.0894 e. The Labute approximate surface area is 67.4 Å². The number of nitrogens with one attached hydrogen (secondary N) is 1. The third-order valence-corrected chi connectivity index (χ3v) is 1.27. The van der Waals surface area contributed by atoms with Crippen LogP contribution in [0.15, 0.2) is 0 Å². The zero-order chi connectivity index (χ0) is 8.53. The highest BCUT2D eigenvalue weighted by atomic mass is 16.3. The average Bonchev–Trinajstić information content (AvgIpc) is 2.04. The van der Waals surface area contributed by atoms with Crippen LogP contribution in [-0.2, 0) is 0 Å². The van der Waals surface area contributed by atoms with Crippen LogP contribution in [0.5, 0.6) is 0 Å². The van der Waals surface area contributed by atoms with E-state index < -0.39 is 6.10 Å². The average molecular weight is 157 g/mol. The molecule has 0 amide bonds. The summed E-state index contributed by atoms with van der Waals surface area (Å²) in [6.07, 6.45) is 6.04. The number of aliphatic hydroxyl groups excluding tert-OH is 2. The maximum atomic E-state index is 8.86. The lowest BCUT2D eigenvalue weighted by molar-refractivity contribution is 0.0946. The van der Waals surface area contributed by atoms with Gasteiger partial charge in [0.05, 0.1) is 12.7 Å². The van der Waals surface area contributed by atoms with Crippen LogP contribution in [0, 0.1) is 12.3 Å². The van der Waals surface area contributed by atoms with Crippen LogP contribution >= 0.6 is 0 Å². The molecule has 3 N–H and O–H groups in total. The third kappa shape index (κ3) is 7.34. The summed E-state index contributed by atoms with van der Waals surface area (Å²) in [5, 5.41) is 20.2. The zero-order valence-electron chi connectivity index (χ0n) is 6.58. The molecule has 11 heavy (non-hydrogen) atoms. The molecule has 0 aliphatic carbocycles. The van der Waals surface area contributed by atoms with Crippen molar-refractivity contribution in [1.29, 1.82) is 0 Å². The minimum atomic E-state index is -0.652. The van der Waals surface area contributed by atoms with Gasteiger partial charge in [-0.1, -0.05) is 0 Å². The van der Waals surface area contributed by atoms with Crippen LogP contribution < -0.4 is 5.32 Å². The standard InChI is InChI=1S/C8H15NO2/c1-2-3-4-5-9-6-8(11)7-10/h1,8-11H,3-7H2/t8-/m0/s1. The lowest BCUT2D eigenvalue weighted by Gasteiger charge is -2.07. The minimum absolute atomic E-state index is 0.192. The van der Waals surface area contributed by atoms with E-state index in [0.717, 1.165) is 19.4 Å². The Bertz CT molecular complexity index is 120. The quantitative estimate of drug-likeness (QED) is 0.354. The van der Waals surface area contributed by atoms with E-state index >= 15 is 0 Å². The minimum Gasteiger partial charge on any atom is -0.394 e. The molecule has 0 rings (SSSR count). The van der Waals surface area contributed by atoms with Crippen molar-refractivity contribution >= 4 is 0 Å². The van der Waals surface area contributed by atoms with E-state index in [0.29, 0.717) is 6.54 Å². The largest absolute Gasteiger partial charge is 0.394 e. The number of hydrogen-bond donors (Lipinski definition) is 3. The SMILES string of the molecule is C#CCCCNC[C@H](O)CO. The molecule has 0 saturated heterocycles. The Morgan fingerprint density at radius 3 is 2.82 bits per heavy atom. The molecule has 0 spiro atoms. The second-order valence-corrected chi connectivity index (χ2v) is 2.35. The maximum absolute atomic E-state index is 8.86. The topological polar surface area (TPSA) is 52.5 Å². The maximum Gasteiger partial charge on any atom is 0.0894 e. The molecule has 0 aliphatic heterocycles. The molecule has 1 atom stereocenters. The molecule has 0 fully saturated rings. The molecule has 0 heterocycles. The summed E-state index contributed by atoms with van der Waals surface area (Å²) in [5.41, 5.74) is 0. The van der Waals surface area contributed by atoms with Crippen molar-refractivity contribution in [2.75, 3.05) is 19.7 Å². The Balaban J connectivity index is 2.97. The molecule has 3 nitrogen and oxygen atoms in total. The van der Waals surface area contributed by atoms with Gasteiger partial charge in [0, 0.05) is 13.0 Å². The Kier molecular flexibility index (Phi) is 7.16. The van der Waals surface area contributed by atoms with E-state index in [4.69, 9.17) is 16.6 Å². The van der Waals surface area contributed by atoms with Gasteiger partial charge in [-0.25, -0.2) is 0 Å². The van der Waals surface area contributed by atoms with Gasteiger partial charge in [0.25, 0.3) is 0 Å². The molecule has 0 aliphatic rings. The van der Waals surface area contributed by atoms with Crippen LogP contribution in [0.25, 0.3) is 0 Å². The van der Waals surface area contributed by atoms with E-state index in [1.165, 1.54) is 0 Å². The fourth-order valence-corrected chi connectivity index (χ4v) is 0.649. The number of rotatable bonds is 6. The second-order valence-electron chi connectivity index (χ2n) is 2.35. The van der Waals surface area contributed by atoms with Crippen LogP contribution in [0.4, 0.5) is 0 Å². The predicted octanol–water partition coefficient (Wildman–Crippen LogP) is -0.657. The van der Waals surface area contributed by atoms with Gasteiger partial charge in [0.1, 0.15) is 0 Å². The third-order valence-electron chi connectivity index (χ3n) is 1.27. The van der Waals surface area contributed by atoms with Crippen LogP contribution in [0.3, 0.4) is 0 Å². The van der Waals surface area contributed by atoms with Gasteiger partial charge in [-0.3, -0.25) is 0 Å². The highest BCUT2D eigenvalue weighted by Gasteiger charge is 1.98. The van der Waals surface area contributed by atoms with Crippen molar-refractivity contribution in [1.82, 2.24) is 5.32 Å². The van der Waals surface area contributed by atoms with Crippen molar-refractivity contribution in [3.05, 3.63) is 0 Å². The first kappa shape index (κ1) is 10.4. The normalized spacial score (nSPS) is 12.5. The van der Waals surface area contributed by atoms with Gasteiger partial charge in [0.15, 0.2) is 0 Å². The fourth-order valence-electron chi connectivity index (χ4n) is 0.649. The van der Waals surface area contributed by atoms with E-state index in [1.54, 1.807) is 0 Å². The van der Waals surface area contributed by atoms with Gasteiger partial charge >= 0.3 is 0 Å². The van der Waals surface area contributed by atoms with Crippen LogP contribution in [0.1, 0.15) is 12.8 Å². The van der Waals surface area contributed by atoms with Gasteiger partial charge in [-0.2, -0.15) is 0 Å². The van der Waals surface area contributed by atoms with Crippen molar-refractivity contribution in [2.45, 2.75) is 18.9 Å².